The molecule has 1 amide bonds. The summed E-state index contributed by atoms with van der Waals surface area (Å²) in [6.45, 7) is 7.79. The van der Waals surface area contributed by atoms with Crippen molar-refractivity contribution in [1.29, 1.82) is 0 Å². The van der Waals surface area contributed by atoms with Crippen LogP contribution in [0.4, 0.5) is 0 Å². The number of nitrogens with zero attached hydrogens (tertiary/aromatic N) is 5. The number of fused-ring (bicyclic) bond motifs is 1. The molecule has 0 saturated carbocycles. The predicted octanol–water partition coefficient (Wildman–Crippen LogP) is 2.03. The fourth-order valence-electron chi connectivity index (χ4n) is 3.48. The van der Waals surface area contributed by atoms with Gasteiger partial charge in [-0.1, -0.05) is 6.07 Å². The molecule has 0 aliphatic carbocycles. The monoisotopic (exact) mass is 364 g/mol. The van der Waals surface area contributed by atoms with Gasteiger partial charge in [-0.3, -0.25) is 14.4 Å². The lowest BCUT2D eigenvalue weighted by Gasteiger charge is -2.28. The summed E-state index contributed by atoms with van der Waals surface area (Å²) < 4.78 is 3.94. The minimum atomic E-state index is -0.0309. The van der Waals surface area contributed by atoms with E-state index in [1.807, 2.05) is 16.9 Å². The van der Waals surface area contributed by atoms with Crippen LogP contribution in [0.5, 0.6) is 0 Å². The van der Waals surface area contributed by atoms with Gasteiger partial charge in [0.05, 0.1) is 30.2 Å². The quantitative estimate of drug-likeness (QED) is 0.752. The highest BCUT2D eigenvalue weighted by atomic mass is 16.1. The normalized spacial score (nSPS) is 14.1. The first-order chi connectivity index (χ1) is 13.1. The Labute approximate surface area is 158 Å². The van der Waals surface area contributed by atoms with E-state index in [4.69, 9.17) is 0 Å². The van der Waals surface area contributed by atoms with Gasteiger partial charge in [0.25, 0.3) is 0 Å². The maximum absolute atomic E-state index is 11.1. The molecule has 2 aromatic heterocycles. The van der Waals surface area contributed by atoms with Crippen LogP contribution in [0.2, 0.25) is 0 Å². The molecule has 1 aromatic carbocycles. The predicted molar refractivity (Wildman–Crippen MR) is 102 cm³/mol. The third-order valence-electron chi connectivity index (χ3n) is 4.94. The van der Waals surface area contributed by atoms with Crippen LogP contribution in [-0.2, 0) is 31.0 Å². The molecule has 1 aliphatic rings. The van der Waals surface area contributed by atoms with Crippen LogP contribution in [0.25, 0.3) is 5.69 Å². The van der Waals surface area contributed by atoms with Crippen LogP contribution in [-0.4, -0.2) is 36.9 Å². The molecule has 0 fully saturated rings. The number of amides is 1. The second-order valence-corrected chi connectivity index (χ2v) is 7.03. The smallest absolute Gasteiger partial charge is 0.217 e. The van der Waals surface area contributed by atoms with E-state index in [0.717, 1.165) is 37.6 Å². The topological polar surface area (TPSA) is 68.0 Å². The lowest BCUT2D eigenvalue weighted by Crippen LogP contribution is -2.33. The minimum Gasteiger partial charge on any atom is -0.351 e. The third kappa shape index (κ3) is 3.93. The Hall–Kier alpha value is -2.93. The number of carbonyl (C=O) groups excluding carboxylic acids is 1. The minimum absolute atomic E-state index is 0.0309. The molecule has 0 unspecified atom stereocenters. The Balaban J connectivity index is 1.43. The molecule has 4 rings (SSSR count). The molecule has 3 heterocycles. The average Bonchev–Trinajstić information content (AvgIpc) is 3.30. The second-order valence-electron chi connectivity index (χ2n) is 7.03. The molecule has 7 heteroatoms. The van der Waals surface area contributed by atoms with E-state index in [2.05, 4.69) is 56.3 Å². The molecule has 1 aliphatic heterocycles. The first-order valence-corrected chi connectivity index (χ1v) is 9.20. The molecule has 1 N–H and O–H groups in total. The number of rotatable bonds is 5. The van der Waals surface area contributed by atoms with Crippen LogP contribution < -0.4 is 5.32 Å². The van der Waals surface area contributed by atoms with Crippen molar-refractivity contribution in [1.82, 2.24) is 29.8 Å². The lowest BCUT2D eigenvalue weighted by molar-refractivity contribution is -0.119. The number of nitrogens with one attached hydrogen (secondary N) is 1. The van der Waals surface area contributed by atoms with Crippen molar-refractivity contribution in [3.63, 3.8) is 0 Å². The fraction of sp³-hybridized carbons (Fsp3) is 0.350. The van der Waals surface area contributed by atoms with Crippen LogP contribution in [0.15, 0.2) is 42.7 Å². The van der Waals surface area contributed by atoms with Gasteiger partial charge >= 0.3 is 0 Å². The Morgan fingerprint density at radius 2 is 2.15 bits per heavy atom. The molecule has 0 atom stereocenters. The molecule has 3 aromatic rings. The summed E-state index contributed by atoms with van der Waals surface area (Å²) in [4.78, 5) is 13.5. The molecule has 27 heavy (non-hydrogen) atoms. The zero-order valence-electron chi connectivity index (χ0n) is 15.7. The van der Waals surface area contributed by atoms with Crippen molar-refractivity contribution in [2.45, 2.75) is 40.0 Å². The van der Waals surface area contributed by atoms with Gasteiger partial charge in [-0.25, -0.2) is 4.68 Å². The van der Waals surface area contributed by atoms with E-state index in [-0.39, 0.29) is 5.91 Å². The standard InChI is InChI=1S/C20H24N6O/c1-15-10-19(25-7-3-6-22-25)5-4-17(15)13-24-8-9-26-20(14-24)11-18(23-26)12-21-16(2)27/h3-7,10-11H,8-9,12-14H2,1-2H3,(H,21,27). The van der Waals surface area contributed by atoms with Gasteiger partial charge in [-0.15, -0.1) is 0 Å². The van der Waals surface area contributed by atoms with E-state index >= 15 is 0 Å². The fourth-order valence-corrected chi connectivity index (χ4v) is 3.48. The number of benzene rings is 1. The van der Waals surface area contributed by atoms with Gasteiger partial charge in [0.15, 0.2) is 0 Å². The molecular weight excluding hydrogens is 340 g/mol. The van der Waals surface area contributed by atoms with E-state index in [9.17, 15) is 4.79 Å². The van der Waals surface area contributed by atoms with E-state index in [1.54, 1.807) is 6.20 Å². The van der Waals surface area contributed by atoms with Crippen molar-refractivity contribution in [2.75, 3.05) is 6.54 Å². The number of aromatic nitrogens is 4. The van der Waals surface area contributed by atoms with Crippen molar-refractivity contribution in [3.8, 4) is 5.69 Å². The first-order valence-electron chi connectivity index (χ1n) is 9.20. The molecule has 0 radical (unpaired) electrons. The Kier molecular flexibility index (Phi) is 4.77. The zero-order valence-corrected chi connectivity index (χ0v) is 15.7. The summed E-state index contributed by atoms with van der Waals surface area (Å²) in [5, 5.41) is 11.7. The summed E-state index contributed by atoms with van der Waals surface area (Å²) in [6, 6.07) is 10.5. The highest BCUT2D eigenvalue weighted by Crippen LogP contribution is 2.20. The first kappa shape index (κ1) is 17.5. The zero-order chi connectivity index (χ0) is 18.8. The molecule has 0 bridgehead atoms. The summed E-state index contributed by atoms with van der Waals surface area (Å²) in [5.41, 5.74) is 5.81. The maximum Gasteiger partial charge on any atom is 0.217 e. The average molecular weight is 364 g/mol. The summed E-state index contributed by atoms with van der Waals surface area (Å²) in [5.74, 6) is -0.0309. The maximum atomic E-state index is 11.1. The van der Waals surface area contributed by atoms with E-state index in [1.165, 1.54) is 23.7 Å². The van der Waals surface area contributed by atoms with Crippen LogP contribution in [0.1, 0.15) is 29.4 Å². The molecule has 0 saturated heterocycles. The third-order valence-corrected chi connectivity index (χ3v) is 4.94. The molecule has 140 valence electrons. The molecule has 7 nitrogen and oxygen atoms in total. The number of hydrogen-bond donors (Lipinski definition) is 1. The Morgan fingerprint density at radius 1 is 1.26 bits per heavy atom. The van der Waals surface area contributed by atoms with Crippen molar-refractivity contribution >= 4 is 5.91 Å². The summed E-state index contributed by atoms with van der Waals surface area (Å²) in [7, 11) is 0. The molecular formula is C20H24N6O. The number of hydrogen-bond acceptors (Lipinski definition) is 4. The van der Waals surface area contributed by atoms with Gasteiger partial charge in [0.2, 0.25) is 5.91 Å². The second kappa shape index (κ2) is 7.36. The van der Waals surface area contributed by atoms with E-state index in [0.29, 0.717) is 6.54 Å². The molecule has 0 spiro atoms. The van der Waals surface area contributed by atoms with Crippen LogP contribution in [0.3, 0.4) is 0 Å². The van der Waals surface area contributed by atoms with Gasteiger partial charge in [0.1, 0.15) is 0 Å². The van der Waals surface area contributed by atoms with Gasteiger partial charge in [0, 0.05) is 39.0 Å². The highest BCUT2D eigenvalue weighted by Gasteiger charge is 2.19. The Bertz CT molecular complexity index is 944. The van der Waals surface area contributed by atoms with Gasteiger partial charge in [-0.2, -0.15) is 10.2 Å². The number of carbonyl (C=O) groups is 1. The highest BCUT2D eigenvalue weighted by molar-refractivity contribution is 5.72. The van der Waals surface area contributed by atoms with Crippen LogP contribution >= 0.6 is 0 Å². The van der Waals surface area contributed by atoms with Crippen molar-refractivity contribution < 1.29 is 4.79 Å². The lowest BCUT2D eigenvalue weighted by atomic mass is 10.1. The SMILES string of the molecule is CC(=O)NCc1cc2n(n1)CCN(Cc1ccc(-n3cccn3)cc1C)C2. The number of aryl methyl sites for hydroxylation is 1. The summed E-state index contributed by atoms with van der Waals surface area (Å²) >= 11 is 0. The van der Waals surface area contributed by atoms with E-state index < -0.39 is 0 Å². The van der Waals surface area contributed by atoms with Gasteiger partial charge < -0.3 is 5.32 Å². The van der Waals surface area contributed by atoms with Gasteiger partial charge in [-0.05, 0) is 42.3 Å². The Morgan fingerprint density at radius 3 is 2.89 bits per heavy atom. The van der Waals surface area contributed by atoms with Crippen LogP contribution in [0, 0.1) is 6.92 Å². The van der Waals surface area contributed by atoms with Crippen molar-refractivity contribution in [2.24, 2.45) is 0 Å². The largest absolute Gasteiger partial charge is 0.351 e. The summed E-state index contributed by atoms with van der Waals surface area (Å²) in [6.07, 6.45) is 3.75. The van der Waals surface area contributed by atoms with Crippen molar-refractivity contribution in [3.05, 3.63) is 65.2 Å².